The van der Waals surface area contributed by atoms with Crippen LogP contribution in [0.5, 0.6) is 0 Å². The lowest BCUT2D eigenvalue weighted by Gasteiger charge is -2.09. The first-order valence-corrected chi connectivity index (χ1v) is 7.23. The molecular formula is C13H6Cl3N3S. The van der Waals surface area contributed by atoms with Crippen molar-refractivity contribution in [2.45, 2.75) is 3.12 Å². The Balaban J connectivity index is 2.53. The Morgan fingerprint density at radius 2 is 1.60 bits per heavy atom. The average Bonchev–Trinajstić information content (AvgIpc) is 2.79. The van der Waals surface area contributed by atoms with Crippen LogP contribution in [0.3, 0.4) is 0 Å². The lowest BCUT2D eigenvalue weighted by Crippen LogP contribution is -1.97. The Morgan fingerprint density at radius 3 is 2.20 bits per heavy atom. The molecule has 0 N–H and O–H groups in total. The maximum absolute atomic E-state index is 9.20. The molecule has 0 aliphatic carbocycles. The van der Waals surface area contributed by atoms with Gasteiger partial charge in [0.05, 0.1) is 17.2 Å². The minimum atomic E-state index is -1.53. The summed E-state index contributed by atoms with van der Waals surface area (Å²) < 4.78 is 0.0206. The fraction of sp³-hybridized carbons (Fsp3) is 0.0769. The maximum atomic E-state index is 9.20. The van der Waals surface area contributed by atoms with Crippen molar-refractivity contribution in [1.29, 1.82) is 10.5 Å². The SMILES string of the molecule is N#Cc1ccccc1-c1cn(SC(Cl)(Cl)Cl)cc1C#N. The van der Waals surface area contributed by atoms with Gasteiger partial charge >= 0.3 is 0 Å². The minimum Gasteiger partial charge on any atom is -0.294 e. The second-order valence-electron chi connectivity index (χ2n) is 3.75. The molecule has 2 rings (SSSR count). The topological polar surface area (TPSA) is 52.5 Å². The van der Waals surface area contributed by atoms with Crippen LogP contribution in [0.25, 0.3) is 11.1 Å². The van der Waals surface area contributed by atoms with Crippen molar-refractivity contribution in [1.82, 2.24) is 3.97 Å². The highest BCUT2D eigenvalue weighted by atomic mass is 35.6. The maximum Gasteiger partial charge on any atom is 0.256 e. The normalized spacial score (nSPS) is 10.8. The lowest BCUT2D eigenvalue weighted by atomic mass is 10.0. The predicted octanol–water partition coefficient (Wildman–Crippen LogP) is 4.72. The molecule has 0 spiro atoms. The smallest absolute Gasteiger partial charge is 0.256 e. The number of nitriles is 2. The largest absolute Gasteiger partial charge is 0.294 e. The molecule has 7 heteroatoms. The first-order chi connectivity index (χ1) is 9.44. The summed E-state index contributed by atoms with van der Waals surface area (Å²) in [5.74, 6) is 0. The van der Waals surface area contributed by atoms with E-state index in [4.69, 9.17) is 40.1 Å². The molecular weight excluding hydrogens is 337 g/mol. The Kier molecular flexibility index (Phi) is 4.52. The van der Waals surface area contributed by atoms with E-state index in [0.717, 1.165) is 11.9 Å². The van der Waals surface area contributed by atoms with Crippen LogP contribution in [-0.2, 0) is 0 Å². The van der Waals surface area contributed by atoms with E-state index in [1.807, 2.05) is 0 Å². The highest BCUT2D eigenvalue weighted by Crippen LogP contribution is 2.41. The zero-order valence-electron chi connectivity index (χ0n) is 9.85. The summed E-state index contributed by atoms with van der Waals surface area (Å²) in [6.07, 6.45) is 3.23. The summed E-state index contributed by atoms with van der Waals surface area (Å²) in [7, 11) is 0. The highest BCUT2D eigenvalue weighted by Gasteiger charge is 2.23. The van der Waals surface area contributed by atoms with Crippen LogP contribution < -0.4 is 0 Å². The molecule has 100 valence electrons. The van der Waals surface area contributed by atoms with Crippen molar-refractivity contribution in [3.63, 3.8) is 0 Å². The van der Waals surface area contributed by atoms with Gasteiger partial charge in [-0.15, -0.1) is 0 Å². The van der Waals surface area contributed by atoms with Gasteiger partial charge in [0.25, 0.3) is 3.12 Å². The van der Waals surface area contributed by atoms with Crippen molar-refractivity contribution in [3.05, 3.63) is 47.8 Å². The molecule has 0 saturated carbocycles. The van der Waals surface area contributed by atoms with Gasteiger partial charge in [0.2, 0.25) is 0 Å². The van der Waals surface area contributed by atoms with Crippen LogP contribution in [0.2, 0.25) is 0 Å². The van der Waals surface area contributed by atoms with Gasteiger partial charge in [-0.3, -0.25) is 3.97 Å². The third kappa shape index (κ3) is 3.42. The van der Waals surface area contributed by atoms with Crippen LogP contribution >= 0.6 is 46.8 Å². The summed E-state index contributed by atoms with van der Waals surface area (Å²) in [4.78, 5) is 0. The van der Waals surface area contributed by atoms with Crippen LogP contribution in [0.1, 0.15) is 11.1 Å². The Hall–Kier alpha value is -1.30. The van der Waals surface area contributed by atoms with E-state index in [9.17, 15) is 5.26 Å². The molecule has 0 radical (unpaired) electrons. The summed E-state index contributed by atoms with van der Waals surface area (Å²) in [6, 6.07) is 11.2. The van der Waals surface area contributed by atoms with E-state index in [1.54, 1.807) is 40.6 Å². The third-order valence-corrected chi connectivity index (χ3v) is 3.72. The standard InChI is InChI=1S/C13H6Cl3N3S/c14-13(15,16)20-19-7-10(6-18)12(8-19)11-4-2-1-3-9(11)5-17/h1-4,7-8H. The first-order valence-electron chi connectivity index (χ1n) is 5.32. The summed E-state index contributed by atoms with van der Waals surface area (Å²) in [5.41, 5.74) is 2.21. The van der Waals surface area contributed by atoms with E-state index in [1.165, 1.54) is 0 Å². The summed E-state index contributed by atoms with van der Waals surface area (Å²) >= 11 is 18.1. The number of nitrogens with zero attached hydrogens (tertiary/aromatic N) is 3. The van der Waals surface area contributed by atoms with E-state index < -0.39 is 3.12 Å². The van der Waals surface area contributed by atoms with Gasteiger partial charge in [-0.2, -0.15) is 10.5 Å². The van der Waals surface area contributed by atoms with Crippen LogP contribution in [0.4, 0.5) is 0 Å². The number of hydrogen-bond acceptors (Lipinski definition) is 3. The molecule has 20 heavy (non-hydrogen) atoms. The van der Waals surface area contributed by atoms with E-state index in [0.29, 0.717) is 22.3 Å². The monoisotopic (exact) mass is 341 g/mol. The van der Waals surface area contributed by atoms with Crippen molar-refractivity contribution >= 4 is 46.8 Å². The molecule has 0 saturated heterocycles. The minimum absolute atomic E-state index is 0.412. The number of aromatic nitrogens is 1. The van der Waals surface area contributed by atoms with Gasteiger partial charge in [0.15, 0.2) is 0 Å². The molecule has 1 aromatic carbocycles. The quantitative estimate of drug-likeness (QED) is 0.742. The summed E-state index contributed by atoms with van der Waals surface area (Å²) in [5, 5.41) is 18.3. The van der Waals surface area contributed by atoms with Gasteiger partial charge in [-0.25, -0.2) is 0 Å². The fourth-order valence-electron chi connectivity index (χ4n) is 1.72. The molecule has 1 heterocycles. The van der Waals surface area contributed by atoms with Crippen LogP contribution in [0.15, 0.2) is 36.7 Å². The van der Waals surface area contributed by atoms with E-state index in [-0.39, 0.29) is 0 Å². The number of halogens is 3. The van der Waals surface area contributed by atoms with Gasteiger partial charge in [0, 0.05) is 35.5 Å². The number of benzene rings is 1. The van der Waals surface area contributed by atoms with Crippen LogP contribution in [0, 0.1) is 22.7 Å². The molecule has 0 aliphatic rings. The van der Waals surface area contributed by atoms with Gasteiger partial charge in [-0.05, 0) is 6.07 Å². The molecule has 0 unspecified atom stereocenters. The fourth-order valence-corrected chi connectivity index (χ4v) is 2.99. The molecule has 0 atom stereocenters. The van der Waals surface area contributed by atoms with Gasteiger partial charge in [-0.1, -0.05) is 53.0 Å². The van der Waals surface area contributed by atoms with Crippen molar-refractivity contribution in [3.8, 4) is 23.3 Å². The molecule has 0 amide bonds. The molecule has 1 aromatic heterocycles. The molecule has 0 aliphatic heterocycles. The molecule has 2 aromatic rings. The van der Waals surface area contributed by atoms with E-state index >= 15 is 0 Å². The third-order valence-electron chi connectivity index (χ3n) is 2.47. The van der Waals surface area contributed by atoms with Crippen molar-refractivity contribution in [2.24, 2.45) is 0 Å². The summed E-state index contributed by atoms with van der Waals surface area (Å²) in [6.45, 7) is 0. The number of hydrogen-bond donors (Lipinski definition) is 0. The second kappa shape index (κ2) is 5.99. The predicted molar refractivity (Wildman–Crippen MR) is 82.6 cm³/mol. The zero-order valence-corrected chi connectivity index (χ0v) is 12.9. The molecule has 3 nitrogen and oxygen atoms in total. The van der Waals surface area contributed by atoms with Gasteiger partial charge in [0.1, 0.15) is 6.07 Å². The number of rotatable bonds is 2. The Morgan fingerprint density at radius 1 is 0.950 bits per heavy atom. The Bertz CT molecular complexity index is 720. The first kappa shape index (κ1) is 15.1. The molecule has 0 fully saturated rings. The average molecular weight is 343 g/mol. The highest BCUT2D eigenvalue weighted by molar-refractivity contribution is 8.03. The Labute approximate surface area is 135 Å². The molecule has 0 bridgehead atoms. The van der Waals surface area contributed by atoms with Crippen molar-refractivity contribution < 1.29 is 0 Å². The van der Waals surface area contributed by atoms with Crippen molar-refractivity contribution in [2.75, 3.05) is 0 Å². The lowest BCUT2D eigenvalue weighted by molar-refractivity contribution is 1.27. The van der Waals surface area contributed by atoms with Crippen LogP contribution in [-0.4, -0.2) is 7.10 Å². The van der Waals surface area contributed by atoms with Gasteiger partial charge < -0.3 is 0 Å². The zero-order chi connectivity index (χ0) is 14.8. The number of alkyl halides is 3. The second-order valence-corrected chi connectivity index (χ2v) is 7.92. The van der Waals surface area contributed by atoms with E-state index in [2.05, 4.69) is 12.1 Å².